The van der Waals surface area contributed by atoms with Crippen LogP contribution in [0, 0.1) is 5.82 Å². The van der Waals surface area contributed by atoms with Crippen LogP contribution in [-0.4, -0.2) is 70.5 Å². The molecular weight excluding hydrogens is 411 g/mol. The van der Waals surface area contributed by atoms with Crippen molar-refractivity contribution in [2.75, 3.05) is 53.6 Å². The van der Waals surface area contributed by atoms with E-state index < -0.39 is 0 Å². The number of benzene rings is 2. The van der Waals surface area contributed by atoms with Gasteiger partial charge in [0.15, 0.2) is 5.96 Å². The summed E-state index contributed by atoms with van der Waals surface area (Å²) in [6.07, 6.45) is -0.160. The molecule has 1 heterocycles. The first-order chi connectivity index (χ1) is 15.6. The van der Waals surface area contributed by atoms with Gasteiger partial charge < -0.3 is 24.8 Å². The summed E-state index contributed by atoms with van der Waals surface area (Å²) < 4.78 is 30.0. The number of halogens is 1. The first kappa shape index (κ1) is 23.8. The minimum absolute atomic E-state index is 0.160. The van der Waals surface area contributed by atoms with E-state index in [1.165, 1.54) is 17.7 Å². The number of guanidine groups is 1. The maximum absolute atomic E-state index is 13.4. The molecule has 174 valence electrons. The van der Waals surface area contributed by atoms with E-state index in [2.05, 4.69) is 32.7 Å². The molecule has 2 unspecified atom stereocenters. The van der Waals surface area contributed by atoms with Crippen molar-refractivity contribution in [1.82, 2.24) is 15.5 Å². The summed E-state index contributed by atoms with van der Waals surface area (Å²) in [6.45, 7) is 6.36. The predicted octanol–water partition coefficient (Wildman–Crippen LogP) is 2.84. The van der Waals surface area contributed by atoms with Crippen LogP contribution in [0.2, 0.25) is 0 Å². The van der Waals surface area contributed by atoms with Gasteiger partial charge in [-0.2, -0.15) is 0 Å². The molecule has 2 N–H and O–H groups in total. The summed E-state index contributed by atoms with van der Waals surface area (Å²) in [6, 6.07) is 14.5. The Kier molecular flexibility index (Phi) is 9.13. The van der Waals surface area contributed by atoms with Gasteiger partial charge in [-0.15, -0.1) is 0 Å². The molecule has 0 radical (unpaired) electrons. The molecule has 8 heteroatoms. The van der Waals surface area contributed by atoms with Crippen LogP contribution in [0.3, 0.4) is 0 Å². The summed E-state index contributed by atoms with van der Waals surface area (Å²) in [5.41, 5.74) is 1.21. The molecule has 2 aromatic rings. The first-order valence-corrected chi connectivity index (χ1v) is 10.9. The van der Waals surface area contributed by atoms with Crippen molar-refractivity contribution >= 4 is 5.96 Å². The summed E-state index contributed by atoms with van der Waals surface area (Å²) >= 11 is 0. The molecule has 0 amide bonds. The zero-order valence-electron chi connectivity index (χ0n) is 19.0. The highest BCUT2D eigenvalue weighted by atomic mass is 19.1. The van der Waals surface area contributed by atoms with Crippen LogP contribution in [0.1, 0.15) is 18.5 Å². The van der Waals surface area contributed by atoms with E-state index in [0.717, 1.165) is 32.1 Å². The minimum atomic E-state index is -0.312. The van der Waals surface area contributed by atoms with Crippen LogP contribution in [0.5, 0.6) is 11.5 Å². The number of hydrogen-bond donors (Lipinski definition) is 2. The molecule has 0 saturated carbocycles. The number of ether oxygens (including phenoxy) is 3. The zero-order valence-corrected chi connectivity index (χ0v) is 19.0. The number of methoxy groups -OCH3 is 1. The van der Waals surface area contributed by atoms with Crippen LogP contribution in [0.4, 0.5) is 4.39 Å². The third-order valence-electron chi connectivity index (χ3n) is 5.36. The predicted molar refractivity (Wildman–Crippen MR) is 124 cm³/mol. The van der Waals surface area contributed by atoms with Gasteiger partial charge in [0, 0.05) is 32.7 Å². The lowest BCUT2D eigenvalue weighted by atomic mass is 10.0. The lowest BCUT2D eigenvalue weighted by Crippen LogP contribution is -2.47. The summed E-state index contributed by atoms with van der Waals surface area (Å²) in [4.78, 5) is 6.75. The molecule has 0 aromatic heterocycles. The van der Waals surface area contributed by atoms with E-state index in [4.69, 9.17) is 14.2 Å². The van der Waals surface area contributed by atoms with E-state index in [0.29, 0.717) is 24.8 Å². The van der Waals surface area contributed by atoms with Crippen molar-refractivity contribution in [1.29, 1.82) is 0 Å². The molecule has 2 aromatic carbocycles. The quantitative estimate of drug-likeness (QED) is 0.458. The van der Waals surface area contributed by atoms with Gasteiger partial charge in [-0.3, -0.25) is 9.89 Å². The van der Waals surface area contributed by atoms with Crippen LogP contribution in [-0.2, 0) is 4.74 Å². The normalized spacial score (nSPS) is 16.8. The van der Waals surface area contributed by atoms with Gasteiger partial charge in [0.1, 0.15) is 23.4 Å². The fraction of sp³-hybridized carbons (Fsp3) is 0.458. The van der Waals surface area contributed by atoms with E-state index >= 15 is 0 Å². The van der Waals surface area contributed by atoms with Gasteiger partial charge in [0.25, 0.3) is 0 Å². The fourth-order valence-corrected chi connectivity index (χ4v) is 3.64. The molecule has 3 rings (SSSR count). The number of rotatable bonds is 9. The van der Waals surface area contributed by atoms with Gasteiger partial charge in [0.05, 0.1) is 32.9 Å². The van der Waals surface area contributed by atoms with Crippen molar-refractivity contribution in [2.24, 2.45) is 4.99 Å². The van der Waals surface area contributed by atoms with Gasteiger partial charge in [-0.05, 0) is 36.8 Å². The number of nitrogens with zero attached hydrogens (tertiary/aromatic N) is 2. The Morgan fingerprint density at radius 2 is 1.81 bits per heavy atom. The molecule has 0 aliphatic carbocycles. The van der Waals surface area contributed by atoms with E-state index in [9.17, 15) is 4.39 Å². The third-order valence-corrected chi connectivity index (χ3v) is 5.36. The molecule has 2 atom stereocenters. The van der Waals surface area contributed by atoms with Crippen LogP contribution >= 0.6 is 0 Å². The van der Waals surface area contributed by atoms with Crippen molar-refractivity contribution in [3.05, 3.63) is 59.9 Å². The molecular formula is C24H33FN4O3. The van der Waals surface area contributed by atoms with Crippen LogP contribution in [0.25, 0.3) is 0 Å². The summed E-state index contributed by atoms with van der Waals surface area (Å²) in [7, 11) is 3.41. The second-order valence-corrected chi connectivity index (χ2v) is 7.66. The molecule has 0 bridgehead atoms. The molecule has 1 saturated heterocycles. The highest BCUT2D eigenvalue weighted by molar-refractivity contribution is 5.79. The fourth-order valence-electron chi connectivity index (χ4n) is 3.64. The Morgan fingerprint density at radius 1 is 1.09 bits per heavy atom. The van der Waals surface area contributed by atoms with Gasteiger partial charge in [-0.25, -0.2) is 4.39 Å². The number of morpholine rings is 1. The maximum Gasteiger partial charge on any atom is 0.191 e. The second kappa shape index (κ2) is 12.3. The molecule has 1 aliphatic heterocycles. The van der Waals surface area contributed by atoms with Crippen LogP contribution < -0.4 is 20.1 Å². The number of aliphatic imine (C=N–C) groups is 1. The average molecular weight is 445 g/mol. The average Bonchev–Trinajstić information content (AvgIpc) is 2.82. The number of hydrogen-bond acceptors (Lipinski definition) is 5. The van der Waals surface area contributed by atoms with Gasteiger partial charge >= 0.3 is 0 Å². The SMILES string of the molecule is CN=C(NCC(C)Oc1cccc(F)c1)NCC(c1ccc(OC)cc1)N1CCOCC1. The van der Waals surface area contributed by atoms with E-state index in [1.54, 1.807) is 26.3 Å². The Morgan fingerprint density at radius 3 is 2.47 bits per heavy atom. The molecule has 1 aliphatic rings. The van der Waals surface area contributed by atoms with Crippen molar-refractivity contribution in [3.8, 4) is 11.5 Å². The maximum atomic E-state index is 13.4. The standard InChI is InChI=1S/C24H33FN4O3/c1-18(32-22-6-4-5-20(25)15-22)16-27-24(26-2)28-17-23(29-11-13-31-14-12-29)19-7-9-21(30-3)10-8-19/h4-10,15,18,23H,11-14,16-17H2,1-3H3,(H2,26,27,28). The Bertz CT molecular complexity index is 857. The smallest absolute Gasteiger partial charge is 0.191 e. The van der Waals surface area contributed by atoms with Gasteiger partial charge in [0.2, 0.25) is 0 Å². The van der Waals surface area contributed by atoms with E-state index in [-0.39, 0.29) is 18.0 Å². The largest absolute Gasteiger partial charge is 0.497 e. The summed E-state index contributed by atoms with van der Waals surface area (Å²) in [5.74, 6) is 1.72. The third kappa shape index (κ3) is 7.10. The minimum Gasteiger partial charge on any atom is -0.497 e. The second-order valence-electron chi connectivity index (χ2n) is 7.66. The molecule has 1 fully saturated rings. The molecule has 7 nitrogen and oxygen atoms in total. The zero-order chi connectivity index (χ0) is 22.8. The number of nitrogens with one attached hydrogen (secondary N) is 2. The first-order valence-electron chi connectivity index (χ1n) is 10.9. The Balaban J connectivity index is 1.56. The van der Waals surface area contributed by atoms with Crippen molar-refractivity contribution in [2.45, 2.75) is 19.1 Å². The van der Waals surface area contributed by atoms with Crippen molar-refractivity contribution < 1.29 is 18.6 Å². The molecule has 0 spiro atoms. The van der Waals surface area contributed by atoms with Gasteiger partial charge in [-0.1, -0.05) is 18.2 Å². The highest BCUT2D eigenvalue weighted by Gasteiger charge is 2.23. The topological polar surface area (TPSA) is 67.4 Å². The monoisotopic (exact) mass is 444 g/mol. The van der Waals surface area contributed by atoms with Crippen LogP contribution in [0.15, 0.2) is 53.5 Å². The van der Waals surface area contributed by atoms with Crippen molar-refractivity contribution in [3.63, 3.8) is 0 Å². The Hall–Kier alpha value is -2.84. The van der Waals surface area contributed by atoms with E-state index in [1.807, 2.05) is 19.1 Å². The lowest BCUT2D eigenvalue weighted by molar-refractivity contribution is 0.0170. The lowest BCUT2D eigenvalue weighted by Gasteiger charge is -2.35. The molecule has 32 heavy (non-hydrogen) atoms. The Labute approximate surface area is 189 Å². The highest BCUT2D eigenvalue weighted by Crippen LogP contribution is 2.23. The summed E-state index contributed by atoms with van der Waals surface area (Å²) in [5, 5.41) is 6.72.